The molecular formula is C16H17Cl2N2O+. The molecule has 5 heteroatoms. The van der Waals surface area contributed by atoms with Crippen molar-refractivity contribution in [2.24, 2.45) is 0 Å². The fraction of sp³-hybridized carbons (Fsp3) is 0.188. The van der Waals surface area contributed by atoms with Gasteiger partial charge >= 0.3 is 0 Å². The van der Waals surface area contributed by atoms with Crippen LogP contribution in [0.2, 0.25) is 10.0 Å². The van der Waals surface area contributed by atoms with Gasteiger partial charge in [-0.25, -0.2) is 0 Å². The minimum absolute atomic E-state index is 0.0869. The van der Waals surface area contributed by atoms with Crippen LogP contribution in [0.3, 0.4) is 0 Å². The second-order valence-corrected chi connectivity index (χ2v) is 5.72. The Morgan fingerprint density at radius 1 is 1.14 bits per heavy atom. The zero-order valence-electron chi connectivity index (χ0n) is 11.6. The molecule has 21 heavy (non-hydrogen) atoms. The number of carbonyl (C=O) groups is 1. The van der Waals surface area contributed by atoms with Crippen LogP contribution < -0.4 is 10.6 Å². The van der Waals surface area contributed by atoms with Crippen molar-refractivity contribution in [2.45, 2.75) is 13.0 Å². The van der Waals surface area contributed by atoms with Gasteiger partial charge in [-0.05, 0) is 25.1 Å². The lowest BCUT2D eigenvalue weighted by Crippen LogP contribution is -2.86. The summed E-state index contributed by atoms with van der Waals surface area (Å²) in [6.45, 7) is 2.40. The van der Waals surface area contributed by atoms with Gasteiger partial charge in [-0.2, -0.15) is 0 Å². The first-order chi connectivity index (χ1) is 10.0. The third-order valence-corrected chi connectivity index (χ3v) is 3.56. The molecule has 0 heterocycles. The van der Waals surface area contributed by atoms with Gasteiger partial charge in [0.1, 0.15) is 6.04 Å². The third-order valence-electron chi connectivity index (χ3n) is 3.13. The molecule has 110 valence electrons. The van der Waals surface area contributed by atoms with Crippen LogP contribution in [0.4, 0.5) is 5.69 Å². The number of hydrogen-bond donors (Lipinski definition) is 2. The van der Waals surface area contributed by atoms with E-state index in [1.54, 1.807) is 18.2 Å². The number of anilines is 1. The molecular weight excluding hydrogens is 307 g/mol. The van der Waals surface area contributed by atoms with Gasteiger partial charge < -0.3 is 10.6 Å². The van der Waals surface area contributed by atoms with E-state index in [2.05, 4.69) is 24.4 Å². The summed E-state index contributed by atoms with van der Waals surface area (Å²) in [5.41, 5.74) is 1.80. The zero-order valence-corrected chi connectivity index (χ0v) is 13.2. The lowest BCUT2D eigenvalue weighted by molar-refractivity contribution is -0.682. The molecule has 1 atom stereocenters. The lowest BCUT2D eigenvalue weighted by Gasteiger charge is -2.11. The maximum atomic E-state index is 11.9. The quantitative estimate of drug-likeness (QED) is 0.871. The SMILES string of the molecule is C[C@@H]([NH2+]CC(=O)Nc1cc(Cl)cc(Cl)c1)c1ccccc1. The van der Waals surface area contributed by atoms with Crippen molar-refractivity contribution in [3.8, 4) is 0 Å². The number of rotatable bonds is 5. The predicted octanol–water partition coefficient (Wildman–Crippen LogP) is 3.26. The second kappa shape index (κ2) is 7.46. The topological polar surface area (TPSA) is 45.7 Å². The Labute approximate surface area is 134 Å². The number of carbonyl (C=O) groups excluding carboxylic acids is 1. The molecule has 0 spiro atoms. The van der Waals surface area contributed by atoms with E-state index in [-0.39, 0.29) is 11.9 Å². The molecule has 0 radical (unpaired) electrons. The van der Waals surface area contributed by atoms with E-state index in [0.717, 1.165) is 0 Å². The Bertz CT molecular complexity index is 597. The van der Waals surface area contributed by atoms with Crippen LogP contribution in [0, 0.1) is 0 Å². The van der Waals surface area contributed by atoms with Crippen molar-refractivity contribution in [1.29, 1.82) is 0 Å². The van der Waals surface area contributed by atoms with Gasteiger partial charge in [0.2, 0.25) is 0 Å². The van der Waals surface area contributed by atoms with Crippen molar-refractivity contribution < 1.29 is 10.1 Å². The van der Waals surface area contributed by atoms with E-state index in [9.17, 15) is 4.79 Å². The summed E-state index contributed by atoms with van der Waals surface area (Å²) in [7, 11) is 0. The van der Waals surface area contributed by atoms with Gasteiger partial charge in [-0.3, -0.25) is 4.79 Å². The minimum Gasteiger partial charge on any atom is -0.333 e. The maximum Gasteiger partial charge on any atom is 0.279 e. The van der Waals surface area contributed by atoms with Crippen LogP contribution >= 0.6 is 23.2 Å². The number of halogens is 2. The van der Waals surface area contributed by atoms with Crippen LogP contribution in [-0.2, 0) is 4.79 Å². The molecule has 0 fully saturated rings. The van der Waals surface area contributed by atoms with E-state index in [0.29, 0.717) is 22.3 Å². The Hall–Kier alpha value is -1.55. The normalized spacial score (nSPS) is 12.0. The van der Waals surface area contributed by atoms with Crippen LogP contribution in [0.25, 0.3) is 0 Å². The first kappa shape index (κ1) is 15.8. The number of hydrogen-bond acceptors (Lipinski definition) is 1. The largest absolute Gasteiger partial charge is 0.333 e. The molecule has 0 saturated heterocycles. The maximum absolute atomic E-state index is 11.9. The molecule has 3 N–H and O–H groups in total. The van der Waals surface area contributed by atoms with Gasteiger partial charge in [0.05, 0.1) is 0 Å². The predicted molar refractivity (Wildman–Crippen MR) is 86.7 cm³/mol. The molecule has 0 aliphatic carbocycles. The minimum atomic E-state index is -0.0869. The van der Waals surface area contributed by atoms with Crippen LogP contribution in [0.1, 0.15) is 18.5 Å². The highest BCUT2D eigenvalue weighted by Crippen LogP contribution is 2.22. The number of nitrogens with one attached hydrogen (secondary N) is 1. The third kappa shape index (κ3) is 5.05. The number of amides is 1. The van der Waals surface area contributed by atoms with Crippen molar-refractivity contribution in [3.05, 3.63) is 64.1 Å². The first-order valence-electron chi connectivity index (χ1n) is 6.69. The Balaban J connectivity index is 1.87. The van der Waals surface area contributed by atoms with Crippen molar-refractivity contribution >= 4 is 34.8 Å². The number of benzene rings is 2. The monoisotopic (exact) mass is 323 g/mol. The Morgan fingerprint density at radius 3 is 2.38 bits per heavy atom. The summed E-state index contributed by atoms with van der Waals surface area (Å²) in [5.74, 6) is -0.0869. The molecule has 2 aromatic carbocycles. The molecule has 0 aliphatic heterocycles. The standard InChI is InChI=1S/C16H16Cl2N2O/c1-11(12-5-3-2-4-6-12)19-10-16(21)20-15-8-13(17)7-14(18)9-15/h2-9,11,19H,10H2,1H3,(H,20,21)/p+1/t11-/m1/s1. The highest BCUT2D eigenvalue weighted by molar-refractivity contribution is 6.35. The van der Waals surface area contributed by atoms with E-state index in [1.807, 2.05) is 23.5 Å². The zero-order chi connectivity index (χ0) is 15.2. The molecule has 0 aromatic heterocycles. The van der Waals surface area contributed by atoms with Crippen molar-refractivity contribution in [1.82, 2.24) is 0 Å². The Kier molecular flexibility index (Phi) is 5.62. The van der Waals surface area contributed by atoms with Crippen LogP contribution in [0.5, 0.6) is 0 Å². The van der Waals surface area contributed by atoms with Gasteiger partial charge in [0, 0.05) is 21.3 Å². The van der Waals surface area contributed by atoms with E-state index in [1.165, 1.54) is 5.56 Å². The first-order valence-corrected chi connectivity index (χ1v) is 7.44. The van der Waals surface area contributed by atoms with E-state index >= 15 is 0 Å². The Morgan fingerprint density at radius 2 is 1.76 bits per heavy atom. The van der Waals surface area contributed by atoms with Crippen molar-refractivity contribution in [3.63, 3.8) is 0 Å². The number of quaternary nitrogens is 1. The highest BCUT2D eigenvalue weighted by atomic mass is 35.5. The summed E-state index contributed by atoms with van der Waals surface area (Å²) >= 11 is 11.8. The molecule has 1 amide bonds. The number of nitrogens with two attached hydrogens (primary N) is 1. The summed E-state index contributed by atoms with van der Waals surface area (Å²) in [6, 6.07) is 15.3. The summed E-state index contributed by atoms with van der Waals surface area (Å²) in [6.07, 6.45) is 0. The molecule has 3 nitrogen and oxygen atoms in total. The van der Waals surface area contributed by atoms with Gasteiger partial charge in [0.25, 0.3) is 5.91 Å². The molecule has 2 aromatic rings. The molecule has 0 saturated carbocycles. The summed E-state index contributed by atoms with van der Waals surface area (Å²) in [4.78, 5) is 11.9. The average molecular weight is 324 g/mol. The molecule has 0 aliphatic rings. The average Bonchev–Trinajstić information content (AvgIpc) is 2.44. The highest BCUT2D eigenvalue weighted by Gasteiger charge is 2.11. The van der Waals surface area contributed by atoms with Gasteiger partial charge in [0.15, 0.2) is 6.54 Å². The van der Waals surface area contributed by atoms with Gasteiger partial charge in [-0.1, -0.05) is 53.5 Å². The summed E-state index contributed by atoms with van der Waals surface area (Å²) < 4.78 is 0. The lowest BCUT2D eigenvalue weighted by atomic mass is 10.1. The van der Waals surface area contributed by atoms with E-state index < -0.39 is 0 Å². The second-order valence-electron chi connectivity index (χ2n) is 4.85. The summed E-state index contributed by atoms with van der Waals surface area (Å²) in [5, 5.41) is 5.77. The fourth-order valence-corrected chi connectivity index (χ4v) is 2.54. The molecule has 0 bridgehead atoms. The van der Waals surface area contributed by atoms with Crippen molar-refractivity contribution in [2.75, 3.05) is 11.9 Å². The molecule has 2 rings (SSSR count). The van der Waals surface area contributed by atoms with Crippen LogP contribution in [0.15, 0.2) is 48.5 Å². The van der Waals surface area contributed by atoms with E-state index in [4.69, 9.17) is 23.2 Å². The smallest absolute Gasteiger partial charge is 0.279 e. The van der Waals surface area contributed by atoms with Gasteiger partial charge in [-0.15, -0.1) is 0 Å². The van der Waals surface area contributed by atoms with Crippen LogP contribution in [-0.4, -0.2) is 12.5 Å². The molecule has 0 unspecified atom stereocenters. The fourth-order valence-electron chi connectivity index (χ4n) is 2.01.